The summed E-state index contributed by atoms with van der Waals surface area (Å²) in [4.78, 5) is 4.52. The van der Waals surface area contributed by atoms with E-state index >= 15 is 0 Å². The zero-order valence-corrected chi connectivity index (χ0v) is 11.6. The molecule has 0 spiro atoms. The fraction of sp³-hybridized carbons (Fsp3) is 0.385. The van der Waals surface area contributed by atoms with Gasteiger partial charge in [-0.2, -0.15) is 5.26 Å². The van der Waals surface area contributed by atoms with Gasteiger partial charge in [0.15, 0.2) is 0 Å². The average Bonchev–Trinajstić information content (AvgIpc) is 2.62. The molecule has 0 aliphatic carbocycles. The molecule has 0 aliphatic rings. The molecule has 17 heavy (non-hydrogen) atoms. The molecule has 2 rings (SSSR count). The zero-order chi connectivity index (χ0) is 12.4. The molecule has 1 aromatic carbocycles. The van der Waals surface area contributed by atoms with E-state index in [1.807, 2.05) is 19.1 Å². The van der Waals surface area contributed by atoms with E-state index in [1.54, 1.807) is 0 Å². The van der Waals surface area contributed by atoms with E-state index in [2.05, 4.69) is 38.5 Å². The van der Waals surface area contributed by atoms with Crippen molar-refractivity contribution >= 4 is 27.0 Å². The van der Waals surface area contributed by atoms with Gasteiger partial charge in [-0.3, -0.25) is 0 Å². The summed E-state index contributed by atoms with van der Waals surface area (Å²) in [6.45, 7) is 5.16. The van der Waals surface area contributed by atoms with Gasteiger partial charge in [-0.15, -0.1) is 0 Å². The molecule has 0 saturated carbocycles. The minimum atomic E-state index is 0.643. The van der Waals surface area contributed by atoms with Crippen LogP contribution in [0.2, 0.25) is 0 Å². The van der Waals surface area contributed by atoms with Gasteiger partial charge in [0.05, 0.1) is 22.7 Å². The molecule has 88 valence electrons. The Morgan fingerprint density at radius 2 is 2.24 bits per heavy atom. The zero-order valence-electron chi connectivity index (χ0n) is 10.00. The lowest BCUT2D eigenvalue weighted by Gasteiger charge is -2.06. The topological polar surface area (TPSA) is 41.6 Å². The van der Waals surface area contributed by atoms with Gasteiger partial charge in [-0.25, -0.2) is 4.98 Å². The Labute approximate surface area is 109 Å². The third-order valence-corrected chi connectivity index (χ3v) is 3.45. The quantitative estimate of drug-likeness (QED) is 0.864. The number of aryl methyl sites for hydroxylation is 2. The standard InChI is InChI=1S/C13H14BrN3/c1-3-4-5-17-9(2)16-12-7-10(8-15)6-11(14)13(12)17/h6-7H,3-5H2,1-2H3. The lowest BCUT2D eigenvalue weighted by atomic mass is 10.2. The van der Waals surface area contributed by atoms with Crippen LogP contribution in [0.3, 0.4) is 0 Å². The SMILES string of the molecule is CCCCn1c(C)nc2cc(C#N)cc(Br)c21. The summed E-state index contributed by atoms with van der Waals surface area (Å²) in [5.41, 5.74) is 2.63. The molecule has 1 aromatic heterocycles. The van der Waals surface area contributed by atoms with Gasteiger partial charge < -0.3 is 4.57 Å². The van der Waals surface area contributed by atoms with Gasteiger partial charge in [0, 0.05) is 11.0 Å². The number of hydrogen-bond donors (Lipinski definition) is 0. The Hall–Kier alpha value is -1.34. The van der Waals surface area contributed by atoms with Crippen LogP contribution in [0.4, 0.5) is 0 Å². The lowest BCUT2D eigenvalue weighted by molar-refractivity contribution is 0.630. The van der Waals surface area contributed by atoms with Crippen molar-refractivity contribution in [1.82, 2.24) is 9.55 Å². The number of nitriles is 1. The third kappa shape index (κ3) is 2.20. The van der Waals surface area contributed by atoms with E-state index in [0.29, 0.717) is 5.56 Å². The van der Waals surface area contributed by atoms with E-state index in [4.69, 9.17) is 5.26 Å². The van der Waals surface area contributed by atoms with E-state index in [-0.39, 0.29) is 0 Å². The largest absolute Gasteiger partial charge is 0.327 e. The number of nitrogens with zero attached hydrogens (tertiary/aromatic N) is 3. The van der Waals surface area contributed by atoms with Crippen molar-refractivity contribution in [3.05, 3.63) is 28.0 Å². The Kier molecular flexibility index (Phi) is 3.49. The van der Waals surface area contributed by atoms with Gasteiger partial charge in [0.25, 0.3) is 0 Å². The highest BCUT2D eigenvalue weighted by Gasteiger charge is 2.11. The summed E-state index contributed by atoms with van der Waals surface area (Å²) >= 11 is 3.53. The first kappa shape index (κ1) is 12.1. The first-order valence-electron chi connectivity index (χ1n) is 5.74. The number of aromatic nitrogens is 2. The number of benzene rings is 1. The lowest BCUT2D eigenvalue weighted by Crippen LogP contribution is -2.00. The van der Waals surface area contributed by atoms with Gasteiger partial charge >= 0.3 is 0 Å². The van der Waals surface area contributed by atoms with Crippen LogP contribution in [0.15, 0.2) is 16.6 Å². The van der Waals surface area contributed by atoms with Gasteiger partial charge in [-0.05, 0) is 41.4 Å². The van der Waals surface area contributed by atoms with Crippen LogP contribution in [-0.4, -0.2) is 9.55 Å². The molecule has 3 nitrogen and oxygen atoms in total. The smallest absolute Gasteiger partial charge is 0.106 e. The highest BCUT2D eigenvalue weighted by atomic mass is 79.9. The molecule has 0 fully saturated rings. The molecule has 0 saturated heterocycles. The van der Waals surface area contributed by atoms with Crippen molar-refractivity contribution < 1.29 is 0 Å². The molecule has 0 N–H and O–H groups in total. The molecule has 0 bridgehead atoms. The normalized spacial score (nSPS) is 10.7. The molecular formula is C13H14BrN3. The Morgan fingerprint density at radius 3 is 2.88 bits per heavy atom. The number of unbranched alkanes of at least 4 members (excludes halogenated alkanes) is 1. The summed E-state index contributed by atoms with van der Waals surface area (Å²) in [5.74, 6) is 1.00. The summed E-state index contributed by atoms with van der Waals surface area (Å²) in [6, 6.07) is 5.85. The number of halogens is 1. The summed E-state index contributed by atoms with van der Waals surface area (Å²) in [6.07, 6.45) is 2.30. The fourth-order valence-corrected chi connectivity index (χ4v) is 2.65. The minimum Gasteiger partial charge on any atom is -0.327 e. The molecule has 0 atom stereocenters. The van der Waals surface area contributed by atoms with Crippen LogP contribution in [-0.2, 0) is 6.54 Å². The maximum absolute atomic E-state index is 8.93. The number of imidazole rings is 1. The molecule has 0 unspecified atom stereocenters. The van der Waals surface area contributed by atoms with Gasteiger partial charge in [0.1, 0.15) is 5.82 Å². The van der Waals surface area contributed by atoms with Gasteiger partial charge in [-0.1, -0.05) is 13.3 Å². The summed E-state index contributed by atoms with van der Waals surface area (Å²) in [7, 11) is 0. The maximum Gasteiger partial charge on any atom is 0.106 e. The van der Waals surface area contributed by atoms with Crippen LogP contribution >= 0.6 is 15.9 Å². The second kappa shape index (κ2) is 4.89. The Morgan fingerprint density at radius 1 is 1.47 bits per heavy atom. The van der Waals surface area contributed by atoms with Crippen LogP contribution in [0.25, 0.3) is 11.0 Å². The molecule has 1 heterocycles. The Bertz CT molecular complexity index is 593. The number of fused-ring (bicyclic) bond motifs is 1. The van der Waals surface area contributed by atoms with Crippen molar-refractivity contribution in [2.75, 3.05) is 0 Å². The van der Waals surface area contributed by atoms with Crippen LogP contribution in [0.5, 0.6) is 0 Å². The highest BCUT2D eigenvalue weighted by Crippen LogP contribution is 2.27. The molecule has 2 aromatic rings. The number of hydrogen-bond acceptors (Lipinski definition) is 2. The minimum absolute atomic E-state index is 0.643. The number of rotatable bonds is 3. The molecule has 0 amide bonds. The second-order valence-corrected chi connectivity index (χ2v) is 4.96. The maximum atomic E-state index is 8.93. The molecule has 4 heteroatoms. The van der Waals surface area contributed by atoms with E-state index in [0.717, 1.165) is 40.7 Å². The first-order chi connectivity index (χ1) is 8.17. The van der Waals surface area contributed by atoms with Crippen molar-refractivity contribution in [1.29, 1.82) is 5.26 Å². The van der Waals surface area contributed by atoms with E-state index in [9.17, 15) is 0 Å². The van der Waals surface area contributed by atoms with Crippen LogP contribution < -0.4 is 0 Å². The Balaban J connectivity index is 2.61. The third-order valence-electron chi connectivity index (χ3n) is 2.85. The van der Waals surface area contributed by atoms with Crippen molar-refractivity contribution in [3.63, 3.8) is 0 Å². The highest BCUT2D eigenvalue weighted by molar-refractivity contribution is 9.10. The summed E-state index contributed by atoms with van der Waals surface area (Å²) < 4.78 is 3.16. The van der Waals surface area contributed by atoms with Crippen molar-refractivity contribution in [2.24, 2.45) is 0 Å². The fourth-order valence-electron chi connectivity index (χ4n) is 1.99. The predicted molar refractivity (Wildman–Crippen MR) is 71.8 cm³/mol. The first-order valence-corrected chi connectivity index (χ1v) is 6.53. The van der Waals surface area contributed by atoms with Crippen molar-refractivity contribution in [3.8, 4) is 6.07 Å². The van der Waals surface area contributed by atoms with E-state index < -0.39 is 0 Å². The average molecular weight is 292 g/mol. The van der Waals surface area contributed by atoms with Crippen LogP contribution in [0.1, 0.15) is 31.2 Å². The molecule has 0 aliphatic heterocycles. The molecular weight excluding hydrogens is 278 g/mol. The predicted octanol–water partition coefficient (Wildman–Crippen LogP) is 3.78. The van der Waals surface area contributed by atoms with Gasteiger partial charge in [0.2, 0.25) is 0 Å². The monoisotopic (exact) mass is 291 g/mol. The second-order valence-electron chi connectivity index (χ2n) is 4.10. The molecule has 0 radical (unpaired) electrons. The summed E-state index contributed by atoms with van der Waals surface area (Å²) in [5, 5.41) is 8.93. The van der Waals surface area contributed by atoms with Crippen molar-refractivity contribution in [2.45, 2.75) is 33.2 Å². The van der Waals surface area contributed by atoms with Crippen LogP contribution in [0, 0.1) is 18.3 Å². The van der Waals surface area contributed by atoms with E-state index in [1.165, 1.54) is 0 Å².